The summed E-state index contributed by atoms with van der Waals surface area (Å²) in [6.07, 6.45) is 0. The molecule has 0 bridgehead atoms. The number of fused-ring (bicyclic) bond motifs is 1. The van der Waals surface area contributed by atoms with Crippen LogP contribution in [0.2, 0.25) is 0 Å². The van der Waals surface area contributed by atoms with E-state index in [1.165, 1.54) is 32.9 Å². The molecule has 0 saturated heterocycles. The van der Waals surface area contributed by atoms with E-state index in [9.17, 15) is 24.5 Å². The number of thioether (sulfide) groups is 1. The molecular weight excluding hydrogens is 492 g/mol. The van der Waals surface area contributed by atoms with Crippen LogP contribution >= 0.6 is 23.1 Å². The van der Waals surface area contributed by atoms with Crippen molar-refractivity contribution in [2.75, 3.05) is 22.9 Å². The van der Waals surface area contributed by atoms with Crippen LogP contribution in [0.1, 0.15) is 12.5 Å². The van der Waals surface area contributed by atoms with Crippen LogP contribution < -0.4 is 21.9 Å². The first-order valence-electron chi connectivity index (χ1n) is 10.4. The summed E-state index contributed by atoms with van der Waals surface area (Å²) >= 11 is 2.39. The predicted octanol–water partition coefficient (Wildman–Crippen LogP) is 2.83. The zero-order valence-corrected chi connectivity index (χ0v) is 20.1. The number of nitrogens with zero attached hydrogens (tertiary/aromatic N) is 4. The number of hydrogen-bond donors (Lipinski definition) is 2. The third kappa shape index (κ3) is 5.10. The molecule has 35 heavy (non-hydrogen) atoms. The molecule has 180 valence electrons. The summed E-state index contributed by atoms with van der Waals surface area (Å²) in [7, 11) is 0. The van der Waals surface area contributed by atoms with E-state index in [0.717, 1.165) is 17.3 Å². The van der Waals surface area contributed by atoms with Crippen LogP contribution in [0.4, 0.5) is 17.2 Å². The van der Waals surface area contributed by atoms with Gasteiger partial charge in [-0.25, -0.2) is 9.78 Å². The lowest BCUT2D eigenvalue weighted by Gasteiger charge is -2.23. The fourth-order valence-electron chi connectivity index (χ4n) is 3.49. The number of nitrogen functional groups attached to an aromatic ring is 1. The Hall–Kier alpha value is -3.97. The SMILES string of the molecule is CCN(C(=O)CSc1nc2ccc([N+](=O)[O-])cc2s1)c1c(N)n(Cc2ccccc2)c(=O)[nH]c1=O. The van der Waals surface area contributed by atoms with Gasteiger partial charge >= 0.3 is 5.69 Å². The number of non-ortho nitro benzene ring substituents is 1. The smallest absolute Gasteiger partial charge is 0.330 e. The number of nitro benzene ring substituents is 1. The number of nitrogens with one attached hydrogen (secondary N) is 1. The number of nitrogens with two attached hydrogens (primary N) is 1. The Kier molecular flexibility index (Phi) is 6.98. The number of carbonyl (C=O) groups is 1. The standard InChI is InChI=1S/C22H20N6O5S2/c1-2-26(17(29)12-34-22-24-15-9-8-14(28(32)33)10-16(15)35-22)18-19(23)27(21(31)25-20(18)30)11-13-6-4-3-5-7-13/h3-10H,2,11-12,23H2,1H3,(H,25,30,31). The van der Waals surface area contributed by atoms with E-state index in [2.05, 4.69) is 9.97 Å². The number of H-pyrrole nitrogens is 1. The van der Waals surface area contributed by atoms with Gasteiger partial charge < -0.3 is 10.6 Å². The number of aromatic nitrogens is 3. The Bertz CT molecular complexity index is 1530. The molecule has 0 spiro atoms. The molecule has 0 unspecified atom stereocenters. The van der Waals surface area contributed by atoms with Gasteiger partial charge in [0.2, 0.25) is 5.91 Å². The highest BCUT2D eigenvalue weighted by molar-refractivity contribution is 8.01. The van der Waals surface area contributed by atoms with Gasteiger partial charge in [0.25, 0.3) is 11.2 Å². The highest BCUT2D eigenvalue weighted by Crippen LogP contribution is 2.32. The van der Waals surface area contributed by atoms with E-state index in [-0.39, 0.29) is 36.0 Å². The Morgan fingerprint density at radius 2 is 2.00 bits per heavy atom. The van der Waals surface area contributed by atoms with Crippen LogP contribution in [0, 0.1) is 10.1 Å². The Morgan fingerprint density at radius 1 is 1.26 bits per heavy atom. The minimum Gasteiger partial charge on any atom is -0.383 e. The molecule has 3 N–H and O–H groups in total. The van der Waals surface area contributed by atoms with Crippen molar-refractivity contribution in [3.8, 4) is 0 Å². The monoisotopic (exact) mass is 512 g/mol. The van der Waals surface area contributed by atoms with Gasteiger partial charge in [0.15, 0.2) is 10.0 Å². The van der Waals surface area contributed by atoms with Crippen molar-refractivity contribution in [2.24, 2.45) is 0 Å². The number of carbonyl (C=O) groups excluding carboxylic acids is 1. The van der Waals surface area contributed by atoms with E-state index >= 15 is 0 Å². The molecule has 0 fully saturated rings. The number of nitro groups is 1. The summed E-state index contributed by atoms with van der Waals surface area (Å²) in [5.74, 6) is -0.549. The second-order valence-electron chi connectivity index (χ2n) is 7.38. The number of rotatable bonds is 8. The lowest BCUT2D eigenvalue weighted by Crippen LogP contribution is -2.41. The van der Waals surface area contributed by atoms with E-state index in [1.807, 2.05) is 30.3 Å². The molecular formula is C22H20N6O5S2. The van der Waals surface area contributed by atoms with Gasteiger partial charge in [-0.2, -0.15) is 0 Å². The van der Waals surface area contributed by atoms with Crippen LogP contribution in [0.15, 0.2) is 62.5 Å². The third-order valence-corrected chi connectivity index (χ3v) is 7.31. The summed E-state index contributed by atoms with van der Waals surface area (Å²) < 4.78 is 2.41. The van der Waals surface area contributed by atoms with Crippen molar-refractivity contribution < 1.29 is 9.72 Å². The lowest BCUT2D eigenvalue weighted by molar-refractivity contribution is -0.384. The van der Waals surface area contributed by atoms with Crippen molar-refractivity contribution in [3.05, 3.63) is 85.0 Å². The predicted molar refractivity (Wildman–Crippen MR) is 136 cm³/mol. The molecule has 0 saturated carbocycles. The fourth-order valence-corrected chi connectivity index (χ4v) is 5.47. The third-order valence-electron chi connectivity index (χ3n) is 5.17. The van der Waals surface area contributed by atoms with Crippen molar-refractivity contribution in [3.63, 3.8) is 0 Å². The number of thiazole rings is 1. The topological polar surface area (TPSA) is 157 Å². The van der Waals surface area contributed by atoms with E-state index in [4.69, 9.17) is 5.73 Å². The summed E-state index contributed by atoms with van der Waals surface area (Å²) in [5.41, 5.74) is 6.08. The maximum atomic E-state index is 13.1. The number of amides is 1. The molecule has 0 aliphatic heterocycles. The summed E-state index contributed by atoms with van der Waals surface area (Å²) in [6, 6.07) is 13.5. The number of anilines is 2. The van der Waals surface area contributed by atoms with Crippen LogP contribution in [0.3, 0.4) is 0 Å². The molecule has 0 radical (unpaired) electrons. The second-order valence-corrected chi connectivity index (χ2v) is 9.63. The maximum absolute atomic E-state index is 13.1. The highest BCUT2D eigenvalue weighted by Gasteiger charge is 2.23. The van der Waals surface area contributed by atoms with Crippen molar-refractivity contribution in [1.82, 2.24) is 14.5 Å². The van der Waals surface area contributed by atoms with Gasteiger partial charge in [-0.3, -0.25) is 29.3 Å². The molecule has 13 heteroatoms. The summed E-state index contributed by atoms with van der Waals surface area (Å²) in [4.78, 5) is 56.5. The van der Waals surface area contributed by atoms with Crippen molar-refractivity contribution in [1.29, 1.82) is 0 Å². The van der Waals surface area contributed by atoms with Crippen LogP contribution in [-0.4, -0.2) is 37.7 Å². The lowest BCUT2D eigenvalue weighted by atomic mass is 10.2. The zero-order valence-electron chi connectivity index (χ0n) is 18.5. The average molecular weight is 513 g/mol. The number of benzene rings is 2. The van der Waals surface area contributed by atoms with Gasteiger partial charge in [0.1, 0.15) is 5.82 Å². The molecule has 11 nitrogen and oxygen atoms in total. The molecule has 2 heterocycles. The van der Waals surface area contributed by atoms with Crippen LogP contribution in [-0.2, 0) is 11.3 Å². The molecule has 0 aliphatic rings. The van der Waals surface area contributed by atoms with Gasteiger partial charge in [0.05, 0.1) is 27.4 Å². The fraction of sp³-hybridized carbons (Fsp3) is 0.182. The van der Waals surface area contributed by atoms with Crippen LogP contribution in [0.5, 0.6) is 0 Å². The maximum Gasteiger partial charge on any atom is 0.330 e. The second kappa shape index (κ2) is 10.1. The first-order chi connectivity index (χ1) is 16.8. The first-order valence-corrected chi connectivity index (χ1v) is 12.2. The summed E-state index contributed by atoms with van der Waals surface area (Å²) in [5, 5.41) is 11.0. The first kappa shape index (κ1) is 24.2. The Morgan fingerprint density at radius 3 is 2.69 bits per heavy atom. The zero-order chi connectivity index (χ0) is 25.1. The van der Waals surface area contributed by atoms with E-state index < -0.39 is 22.1 Å². The molecule has 0 atom stereocenters. The van der Waals surface area contributed by atoms with Gasteiger partial charge in [-0.05, 0) is 18.6 Å². The highest BCUT2D eigenvalue weighted by atomic mass is 32.2. The van der Waals surface area contributed by atoms with Crippen molar-refractivity contribution >= 4 is 56.4 Å². The molecule has 0 aliphatic carbocycles. The normalized spacial score (nSPS) is 11.0. The van der Waals surface area contributed by atoms with E-state index in [1.54, 1.807) is 13.0 Å². The Labute approximate surface area is 206 Å². The number of hydrogen-bond acceptors (Lipinski definition) is 9. The number of aromatic amines is 1. The van der Waals surface area contributed by atoms with Crippen molar-refractivity contribution in [2.45, 2.75) is 17.8 Å². The minimum atomic E-state index is -0.746. The average Bonchev–Trinajstić information content (AvgIpc) is 3.25. The van der Waals surface area contributed by atoms with Gasteiger partial charge in [-0.1, -0.05) is 42.1 Å². The molecule has 1 amide bonds. The summed E-state index contributed by atoms with van der Waals surface area (Å²) in [6.45, 7) is 1.99. The minimum absolute atomic E-state index is 0.0359. The molecule has 2 aromatic heterocycles. The molecule has 2 aromatic carbocycles. The quantitative estimate of drug-likeness (QED) is 0.207. The Balaban J connectivity index is 1.57. The van der Waals surface area contributed by atoms with Gasteiger partial charge in [0, 0.05) is 18.7 Å². The molecule has 4 aromatic rings. The largest absolute Gasteiger partial charge is 0.383 e. The van der Waals surface area contributed by atoms with E-state index in [0.29, 0.717) is 14.6 Å². The molecule has 4 rings (SSSR count). The van der Waals surface area contributed by atoms with Crippen LogP contribution in [0.25, 0.3) is 10.2 Å². The van der Waals surface area contributed by atoms with Gasteiger partial charge in [-0.15, -0.1) is 11.3 Å².